The third-order valence-corrected chi connectivity index (χ3v) is 5.73. The van der Waals surface area contributed by atoms with Crippen molar-refractivity contribution in [3.8, 4) is 11.5 Å². The van der Waals surface area contributed by atoms with Crippen LogP contribution >= 0.6 is 11.6 Å². The average molecular weight is 423 g/mol. The van der Waals surface area contributed by atoms with Gasteiger partial charge in [-0.15, -0.1) is 0 Å². The Kier molecular flexibility index (Phi) is 5.55. The summed E-state index contributed by atoms with van der Waals surface area (Å²) in [6.07, 6.45) is 0.700. The summed E-state index contributed by atoms with van der Waals surface area (Å²) >= 11 is 6.14. The predicted molar refractivity (Wildman–Crippen MR) is 118 cm³/mol. The first kappa shape index (κ1) is 20.1. The third-order valence-electron chi connectivity index (χ3n) is 5.50. The number of amides is 1. The Bertz CT molecular complexity index is 1100. The molecule has 1 aliphatic rings. The van der Waals surface area contributed by atoms with Gasteiger partial charge in [0.15, 0.2) is 11.5 Å². The Balaban J connectivity index is 1.88. The number of nitrogens with two attached hydrogens (primary N) is 1. The number of halogens is 1. The molecule has 4 rings (SSSR count). The van der Waals surface area contributed by atoms with Crippen LogP contribution in [0.25, 0.3) is 0 Å². The Labute approximate surface area is 181 Å². The van der Waals surface area contributed by atoms with Crippen molar-refractivity contribution in [3.05, 3.63) is 87.9 Å². The van der Waals surface area contributed by atoms with Gasteiger partial charge in [-0.2, -0.15) is 0 Å². The van der Waals surface area contributed by atoms with E-state index in [-0.39, 0.29) is 11.9 Å². The smallest absolute Gasteiger partial charge is 0.254 e. The maximum absolute atomic E-state index is 13.5. The van der Waals surface area contributed by atoms with Crippen LogP contribution in [0.15, 0.2) is 60.7 Å². The van der Waals surface area contributed by atoms with E-state index in [0.717, 1.165) is 16.7 Å². The van der Waals surface area contributed by atoms with E-state index in [1.807, 2.05) is 41.3 Å². The maximum atomic E-state index is 13.5. The number of methoxy groups -OCH3 is 2. The van der Waals surface area contributed by atoms with Crippen molar-refractivity contribution in [3.63, 3.8) is 0 Å². The highest BCUT2D eigenvalue weighted by atomic mass is 35.5. The Morgan fingerprint density at radius 3 is 2.43 bits per heavy atom. The summed E-state index contributed by atoms with van der Waals surface area (Å²) in [5, 5.41) is 0.528. The first-order valence-corrected chi connectivity index (χ1v) is 10.1. The van der Waals surface area contributed by atoms with E-state index in [1.54, 1.807) is 38.5 Å². The molecule has 1 aliphatic heterocycles. The molecule has 3 aromatic carbocycles. The van der Waals surface area contributed by atoms with Crippen LogP contribution < -0.4 is 15.2 Å². The molecule has 5 nitrogen and oxygen atoms in total. The second kappa shape index (κ2) is 8.28. The second-order valence-corrected chi connectivity index (χ2v) is 7.63. The summed E-state index contributed by atoms with van der Waals surface area (Å²) < 4.78 is 11.0. The topological polar surface area (TPSA) is 64.8 Å². The molecule has 0 radical (unpaired) electrons. The van der Waals surface area contributed by atoms with Gasteiger partial charge in [0.25, 0.3) is 5.91 Å². The van der Waals surface area contributed by atoms with E-state index in [1.165, 1.54) is 0 Å². The van der Waals surface area contributed by atoms with Crippen LogP contribution in [0.4, 0.5) is 5.69 Å². The van der Waals surface area contributed by atoms with E-state index in [2.05, 4.69) is 0 Å². The van der Waals surface area contributed by atoms with Crippen molar-refractivity contribution < 1.29 is 14.3 Å². The van der Waals surface area contributed by atoms with Crippen molar-refractivity contribution in [1.29, 1.82) is 0 Å². The molecule has 0 fully saturated rings. The zero-order valence-electron chi connectivity index (χ0n) is 16.9. The van der Waals surface area contributed by atoms with Gasteiger partial charge in [0.05, 0.1) is 20.3 Å². The second-order valence-electron chi connectivity index (χ2n) is 7.20. The Hall–Kier alpha value is -3.18. The lowest BCUT2D eigenvalue weighted by Gasteiger charge is -2.38. The number of nitrogen functional groups attached to an aromatic ring is 1. The monoisotopic (exact) mass is 422 g/mol. The van der Waals surface area contributed by atoms with Gasteiger partial charge in [-0.3, -0.25) is 4.79 Å². The molecule has 1 heterocycles. The molecule has 2 N–H and O–H groups in total. The van der Waals surface area contributed by atoms with Gasteiger partial charge in [0.1, 0.15) is 0 Å². The molecule has 1 unspecified atom stereocenters. The molecule has 0 aliphatic carbocycles. The Morgan fingerprint density at radius 1 is 1.00 bits per heavy atom. The molecule has 0 spiro atoms. The average Bonchev–Trinajstić information content (AvgIpc) is 2.77. The lowest BCUT2D eigenvalue weighted by atomic mass is 9.86. The SMILES string of the molecule is COc1cc2c(cc1OC)C(c1ccccc1N)N(C(=O)c1cccc(Cl)c1)CC2. The molecule has 0 aromatic heterocycles. The molecule has 30 heavy (non-hydrogen) atoms. The summed E-state index contributed by atoms with van der Waals surface area (Å²) in [7, 11) is 3.22. The summed E-state index contributed by atoms with van der Waals surface area (Å²) in [6.45, 7) is 0.548. The number of hydrogen-bond donors (Lipinski definition) is 1. The summed E-state index contributed by atoms with van der Waals surface area (Å²) in [5.74, 6) is 1.20. The van der Waals surface area contributed by atoms with E-state index in [4.69, 9.17) is 26.8 Å². The lowest BCUT2D eigenvalue weighted by Crippen LogP contribution is -2.41. The largest absolute Gasteiger partial charge is 0.493 e. The van der Waals surface area contributed by atoms with Gasteiger partial charge in [-0.25, -0.2) is 0 Å². The van der Waals surface area contributed by atoms with Crippen LogP contribution in [-0.2, 0) is 6.42 Å². The van der Waals surface area contributed by atoms with Gasteiger partial charge in [-0.1, -0.05) is 35.9 Å². The number of ether oxygens (including phenoxy) is 2. The van der Waals surface area contributed by atoms with Crippen molar-refractivity contribution in [2.75, 3.05) is 26.5 Å². The fraction of sp³-hybridized carbons (Fsp3) is 0.208. The van der Waals surface area contributed by atoms with Crippen LogP contribution in [0.5, 0.6) is 11.5 Å². The number of fused-ring (bicyclic) bond motifs is 1. The van der Waals surface area contributed by atoms with Crippen molar-refractivity contribution in [1.82, 2.24) is 4.90 Å². The highest BCUT2D eigenvalue weighted by Gasteiger charge is 2.34. The molecule has 1 amide bonds. The molecule has 6 heteroatoms. The molecule has 3 aromatic rings. The fourth-order valence-electron chi connectivity index (χ4n) is 4.05. The van der Waals surface area contributed by atoms with Crippen molar-refractivity contribution in [2.24, 2.45) is 0 Å². The van der Waals surface area contributed by atoms with Gasteiger partial charge < -0.3 is 20.1 Å². The highest BCUT2D eigenvalue weighted by molar-refractivity contribution is 6.31. The number of nitrogens with zero attached hydrogens (tertiary/aromatic N) is 1. The molecule has 0 saturated carbocycles. The van der Waals surface area contributed by atoms with E-state index >= 15 is 0 Å². The van der Waals surface area contributed by atoms with Crippen molar-refractivity contribution in [2.45, 2.75) is 12.5 Å². The number of anilines is 1. The van der Waals surface area contributed by atoms with Gasteiger partial charge >= 0.3 is 0 Å². The first-order valence-electron chi connectivity index (χ1n) is 9.69. The number of rotatable bonds is 4. The highest BCUT2D eigenvalue weighted by Crippen LogP contribution is 2.42. The standard InChI is InChI=1S/C24H23ClN2O3/c1-29-21-13-15-10-11-27(24(28)16-6-5-7-17(25)12-16)23(19(15)14-22(21)30-2)18-8-3-4-9-20(18)26/h3-9,12-14,23H,10-11,26H2,1-2H3. The maximum Gasteiger partial charge on any atom is 0.254 e. The molecule has 1 atom stereocenters. The number of benzene rings is 3. The predicted octanol–water partition coefficient (Wildman–Crippen LogP) is 4.73. The molecule has 0 saturated heterocycles. The minimum atomic E-state index is -0.346. The van der Waals surface area contributed by atoms with Crippen LogP contribution in [0.2, 0.25) is 5.02 Å². The zero-order chi connectivity index (χ0) is 21.3. The van der Waals surface area contributed by atoms with Gasteiger partial charge in [-0.05, 0) is 53.9 Å². The van der Waals surface area contributed by atoms with E-state index in [0.29, 0.717) is 40.7 Å². The number of para-hydroxylation sites is 1. The van der Waals surface area contributed by atoms with Crippen LogP contribution in [0.3, 0.4) is 0 Å². The summed E-state index contributed by atoms with van der Waals surface area (Å²) in [6, 6.07) is 18.2. The molecular formula is C24H23ClN2O3. The normalized spacial score (nSPS) is 15.4. The van der Waals surface area contributed by atoms with Gasteiger partial charge in [0, 0.05) is 28.4 Å². The van der Waals surface area contributed by atoms with Gasteiger partial charge in [0.2, 0.25) is 0 Å². The molecular weight excluding hydrogens is 400 g/mol. The van der Waals surface area contributed by atoms with Crippen LogP contribution in [-0.4, -0.2) is 31.6 Å². The van der Waals surface area contributed by atoms with Crippen LogP contribution in [0, 0.1) is 0 Å². The van der Waals surface area contributed by atoms with E-state index < -0.39 is 0 Å². The number of carbonyl (C=O) groups excluding carboxylic acids is 1. The van der Waals surface area contributed by atoms with Crippen LogP contribution in [0.1, 0.15) is 33.1 Å². The van der Waals surface area contributed by atoms with E-state index in [9.17, 15) is 4.79 Å². The molecule has 0 bridgehead atoms. The zero-order valence-corrected chi connectivity index (χ0v) is 17.6. The van der Waals surface area contributed by atoms with Crippen molar-refractivity contribution >= 4 is 23.2 Å². The third kappa shape index (κ3) is 3.57. The summed E-state index contributed by atoms with van der Waals surface area (Å²) in [5.41, 5.74) is 10.5. The minimum Gasteiger partial charge on any atom is -0.493 e. The molecule has 154 valence electrons. The quantitative estimate of drug-likeness (QED) is 0.617. The number of carbonyl (C=O) groups is 1. The fourth-order valence-corrected chi connectivity index (χ4v) is 4.24. The number of hydrogen-bond acceptors (Lipinski definition) is 4. The minimum absolute atomic E-state index is 0.0915. The first-order chi connectivity index (χ1) is 14.5. The summed E-state index contributed by atoms with van der Waals surface area (Å²) in [4.78, 5) is 15.4. The lowest BCUT2D eigenvalue weighted by molar-refractivity contribution is 0.0695. The Morgan fingerprint density at radius 2 is 1.73 bits per heavy atom.